The first-order chi connectivity index (χ1) is 32.3. The number of hydrogen-bond acceptors (Lipinski definition) is 26. The third kappa shape index (κ3) is 10.9. The van der Waals surface area contributed by atoms with Gasteiger partial charge in [0.05, 0.1) is 32.5 Å². The van der Waals surface area contributed by atoms with Gasteiger partial charge in [0.25, 0.3) is 5.56 Å². The van der Waals surface area contributed by atoms with Gasteiger partial charge in [-0.1, -0.05) is 0 Å². The van der Waals surface area contributed by atoms with E-state index in [9.17, 15) is 72.5 Å². The van der Waals surface area contributed by atoms with E-state index >= 15 is 0 Å². The molecule has 3 saturated heterocycles. The summed E-state index contributed by atoms with van der Waals surface area (Å²) >= 11 is 0. The number of anilines is 2. The van der Waals surface area contributed by atoms with Crippen molar-refractivity contribution in [3.05, 3.63) is 58.4 Å². The van der Waals surface area contributed by atoms with E-state index in [0.29, 0.717) is 4.57 Å². The van der Waals surface area contributed by atoms with Crippen LogP contribution in [-0.4, -0.2) is 168 Å². The van der Waals surface area contributed by atoms with Gasteiger partial charge in [-0.2, -0.15) is 0 Å². The molecule has 8 rings (SSSR count). The third-order valence-corrected chi connectivity index (χ3v) is 13.4. The molecule has 5 aromatic rings. The summed E-state index contributed by atoms with van der Waals surface area (Å²) in [4.78, 5) is 111. The molecule has 69 heavy (non-hydrogen) atoms. The van der Waals surface area contributed by atoms with Gasteiger partial charge in [-0.3, -0.25) is 50.6 Å². The van der Waals surface area contributed by atoms with Crippen molar-refractivity contribution in [2.45, 2.75) is 73.6 Å². The zero-order chi connectivity index (χ0) is 50.0. The number of hydrogen-bond donors (Lipinski definition) is 12. The maximum Gasteiger partial charge on any atom is 0.472 e. The van der Waals surface area contributed by atoms with Crippen molar-refractivity contribution in [3.63, 3.8) is 0 Å². The highest BCUT2D eigenvalue weighted by Crippen LogP contribution is 2.56. The number of aliphatic hydroxyl groups excluding tert-OH is 3. The number of phosphoric acid groups is 4. The van der Waals surface area contributed by atoms with Crippen LogP contribution in [0.4, 0.5) is 11.6 Å². The van der Waals surface area contributed by atoms with E-state index < -0.39 is 136 Å². The van der Waals surface area contributed by atoms with Crippen molar-refractivity contribution in [1.29, 1.82) is 0 Å². The van der Waals surface area contributed by atoms with Gasteiger partial charge in [-0.25, -0.2) is 53.0 Å². The summed E-state index contributed by atoms with van der Waals surface area (Å²) < 4.78 is 103. The number of ether oxygens (including phenoxy) is 3. The average molecular weight is 1060 g/mol. The standard InChI is InChI=1S/C29H38N12O24P4/c30-22-14-24(34-6-32-22)40(8-36-14)27-20(62-66(47,48)49)18(10(3-42)59-27)64-69(55,56)58-5-12-19(21(63-67(50,51)52)28(61-12)41-9-37-15-23(31)33-7-35-25(15)41)65-68(53,54)57-4-11-16(44)17(45)26(60-11)39-2-1-13(43)38-29(39)46/h1-2,6-12,16-21,26-28,42,44-45H,3-5H2,(H,53,54)(H,55,56)(H2,30,32,34)(H2,31,33,35)(H,38,43,46)(H2,47,48,49)(H2,50,51,52)/t10-,11-,12-,16-,17-,18-,19-,20-,21-,26-,27-,28-/m1/s1. The number of aliphatic hydroxyl groups is 3. The van der Waals surface area contributed by atoms with E-state index in [4.69, 9.17) is 52.8 Å². The molecule has 0 spiro atoms. The minimum atomic E-state index is -5.70. The molecule has 36 nitrogen and oxygen atoms in total. The van der Waals surface area contributed by atoms with Crippen LogP contribution in [0.1, 0.15) is 18.7 Å². The number of fused-ring (bicyclic) bond motifs is 2. The van der Waals surface area contributed by atoms with Gasteiger partial charge in [-0.15, -0.1) is 0 Å². The van der Waals surface area contributed by atoms with Crippen LogP contribution in [0.3, 0.4) is 0 Å². The van der Waals surface area contributed by atoms with Crippen LogP contribution in [-0.2, 0) is 59.6 Å². The van der Waals surface area contributed by atoms with Crippen LogP contribution in [0.5, 0.6) is 0 Å². The molecule has 0 aromatic carbocycles. The Balaban J connectivity index is 1.07. The maximum absolute atomic E-state index is 13.8. The highest BCUT2D eigenvalue weighted by Gasteiger charge is 2.56. The Morgan fingerprint density at radius 2 is 1.07 bits per heavy atom. The van der Waals surface area contributed by atoms with Gasteiger partial charge in [0, 0.05) is 12.3 Å². The average Bonchev–Trinajstić information content (AvgIpc) is 4.07. The van der Waals surface area contributed by atoms with Crippen molar-refractivity contribution in [1.82, 2.24) is 48.6 Å². The lowest BCUT2D eigenvalue weighted by molar-refractivity contribution is -0.0631. The monoisotopic (exact) mass is 1060 g/mol. The van der Waals surface area contributed by atoms with E-state index in [1.54, 1.807) is 0 Å². The Morgan fingerprint density at radius 1 is 0.609 bits per heavy atom. The summed E-state index contributed by atoms with van der Waals surface area (Å²) in [5, 5.41) is 31.5. The molecule has 0 saturated carbocycles. The Hall–Kier alpha value is -4.42. The molecule has 14 N–H and O–H groups in total. The molecule has 0 bridgehead atoms. The number of nitrogen functional groups attached to an aromatic ring is 2. The van der Waals surface area contributed by atoms with Crippen molar-refractivity contribution in [2.24, 2.45) is 0 Å². The lowest BCUT2D eigenvalue weighted by atomic mass is 10.1. The van der Waals surface area contributed by atoms with Gasteiger partial charge >= 0.3 is 37.0 Å². The molecule has 14 atom stereocenters. The molecule has 8 heterocycles. The molecule has 3 fully saturated rings. The van der Waals surface area contributed by atoms with Crippen LogP contribution in [0.15, 0.2) is 47.2 Å². The molecular formula is C29H38N12O24P4. The number of aromatic amines is 1. The van der Waals surface area contributed by atoms with Crippen molar-refractivity contribution in [3.8, 4) is 0 Å². The first kappa shape index (κ1) is 51.0. The Kier molecular flexibility index (Phi) is 14.3. The third-order valence-electron chi connectivity index (χ3n) is 10.4. The molecule has 0 aliphatic carbocycles. The second kappa shape index (κ2) is 19.3. The number of nitrogens with one attached hydrogen (secondary N) is 1. The first-order valence-corrected chi connectivity index (χ1v) is 25.3. The van der Waals surface area contributed by atoms with Gasteiger partial charge < -0.3 is 70.4 Å². The number of H-pyrrole nitrogens is 1. The second-order valence-corrected chi connectivity index (χ2v) is 20.0. The fourth-order valence-electron chi connectivity index (χ4n) is 7.48. The van der Waals surface area contributed by atoms with Gasteiger partial charge in [-0.05, 0) is 0 Å². The van der Waals surface area contributed by atoms with Crippen molar-refractivity contribution >= 4 is 65.3 Å². The zero-order valence-electron chi connectivity index (χ0n) is 34.1. The van der Waals surface area contributed by atoms with Crippen molar-refractivity contribution in [2.75, 3.05) is 31.3 Å². The number of rotatable bonds is 18. The predicted molar refractivity (Wildman–Crippen MR) is 217 cm³/mol. The molecule has 40 heteroatoms. The topological polar surface area (TPSA) is 528 Å². The lowest BCUT2D eigenvalue weighted by Gasteiger charge is -2.28. The van der Waals surface area contributed by atoms with Gasteiger partial charge in [0.15, 0.2) is 41.6 Å². The Bertz CT molecular complexity index is 3020. The van der Waals surface area contributed by atoms with Crippen LogP contribution in [0.2, 0.25) is 0 Å². The normalized spacial score (nSPS) is 30.6. The zero-order valence-corrected chi connectivity index (χ0v) is 37.7. The van der Waals surface area contributed by atoms with E-state index in [2.05, 4.69) is 29.9 Å². The summed E-state index contributed by atoms with van der Waals surface area (Å²) in [6.07, 6.45) is -18.5. The molecule has 0 radical (unpaired) electrons. The molecule has 5 aromatic heterocycles. The number of phosphoric ester groups is 4. The molecular weight excluding hydrogens is 1020 g/mol. The molecule has 2 unspecified atom stereocenters. The van der Waals surface area contributed by atoms with Crippen molar-refractivity contribution < 1.29 is 104 Å². The minimum Gasteiger partial charge on any atom is -0.394 e. The summed E-state index contributed by atoms with van der Waals surface area (Å²) in [6.45, 7) is -3.49. The van der Waals surface area contributed by atoms with Crippen LogP contribution in [0.25, 0.3) is 22.3 Å². The number of nitrogens with two attached hydrogens (primary N) is 2. The molecule has 378 valence electrons. The smallest absolute Gasteiger partial charge is 0.394 e. The summed E-state index contributed by atoms with van der Waals surface area (Å²) in [5.74, 6) is -0.326. The lowest BCUT2D eigenvalue weighted by Crippen LogP contribution is -2.39. The van der Waals surface area contributed by atoms with E-state index in [-0.39, 0.29) is 34.0 Å². The molecule has 0 amide bonds. The van der Waals surface area contributed by atoms with Crippen LogP contribution in [0, 0.1) is 0 Å². The Morgan fingerprint density at radius 3 is 1.55 bits per heavy atom. The fourth-order valence-corrected chi connectivity index (χ4v) is 10.5. The van der Waals surface area contributed by atoms with Crippen LogP contribution >= 0.6 is 31.3 Å². The Labute approximate surface area is 381 Å². The number of aromatic nitrogens is 10. The quantitative estimate of drug-likeness (QED) is 0.0370. The number of nitrogens with zero attached hydrogens (tertiary/aromatic N) is 9. The summed E-state index contributed by atoms with van der Waals surface area (Å²) in [6, 6.07) is 0.896. The highest BCUT2D eigenvalue weighted by molar-refractivity contribution is 7.48. The molecule has 3 aliphatic rings. The second-order valence-electron chi connectivity index (χ2n) is 14.8. The summed E-state index contributed by atoms with van der Waals surface area (Å²) in [5.41, 5.74) is 9.49. The van der Waals surface area contributed by atoms with E-state index in [1.807, 2.05) is 4.98 Å². The van der Waals surface area contributed by atoms with E-state index in [1.165, 1.54) is 0 Å². The van der Waals surface area contributed by atoms with Gasteiger partial charge in [0.2, 0.25) is 0 Å². The molecule has 3 aliphatic heterocycles. The largest absolute Gasteiger partial charge is 0.472 e. The van der Waals surface area contributed by atoms with Gasteiger partial charge in [0.1, 0.15) is 78.6 Å². The minimum absolute atomic E-state index is 0.0141. The fraction of sp³-hybridized carbons (Fsp3) is 0.517. The first-order valence-electron chi connectivity index (χ1n) is 19.2. The predicted octanol–water partition coefficient (Wildman–Crippen LogP) is -4.25. The van der Waals surface area contributed by atoms with E-state index in [0.717, 1.165) is 46.7 Å². The maximum atomic E-state index is 13.8. The SMILES string of the molecule is Nc1ncnc2c1ncn2[C@@H]1O[C@H](CO)[C@@H](OP(=O)(O)OC[C@H]2O[C@@H](n3cnc4c(N)ncnc43)[C@H](OP(=O)(O)O)[C@@H]2OP(=O)(O)OC[C@H]2O[C@@H](n3ccc(=O)[nH]c3=O)[C@H](O)[C@@H]2O)[C@H]1OP(=O)(O)O. The highest BCUT2D eigenvalue weighted by atomic mass is 31.2. The summed E-state index contributed by atoms with van der Waals surface area (Å²) in [7, 11) is -22.6. The van der Waals surface area contributed by atoms with Crippen LogP contribution < -0.4 is 22.7 Å². The number of imidazole rings is 2.